The third kappa shape index (κ3) is 5.66. The quantitative estimate of drug-likeness (QED) is 0.136. The zero-order valence-electron chi connectivity index (χ0n) is 21.9. The Bertz CT molecular complexity index is 964. The number of rotatable bonds is 15. The maximum absolute atomic E-state index is 2.60. The summed E-state index contributed by atoms with van der Waals surface area (Å²) < 4.78 is 1.71. The van der Waals surface area contributed by atoms with Crippen molar-refractivity contribution in [1.29, 1.82) is 0 Å². The lowest BCUT2D eigenvalue weighted by Gasteiger charge is -2.32. The van der Waals surface area contributed by atoms with Gasteiger partial charge in [-0.3, -0.25) is 0 Å². The number of aryl methyl sites for hydroxylation is 2. The minimum Gasteiger partial charge on any atom is -0.153 e. The molecule has 3 aromatic rings. The maximum atomic E-state index is 2.60. The van der Waals surface area contributed by atoms with E-state index in [0.717, 1.165) is 5.92 Å². The molecule has 3 aromatic heterocycles. The van der Waals surface area contributed by atoms with Crippen LogP contribution in [-0.2, 0) is 0 Å². The molecule has 0 nitrogen and oxygen atoms in total. The summed E-state index contributed by atoms with van der Waals surface area (Å²) in [5.74, 6) is 0.871. The molecule has 1 aliphatic heterocycles. The van der Waals surface area contributed by atoms with Crippen LogP contribution in [0.15, 0.2) is 29.6 Å². The average molecular weight is 529 g/mol. The molecule has 1 atom stereocenters. The second-order valence-corrected chi connectivity index (χ2v) is 18.2. The Morgan fingerprint density at radius 3 is 1.79 bits per heavy atom. The fraction of sp³-hybridized carbons (Fsp3) is 0.600. The van der Waals surface area contributed by atoms with E-state index in [1.54, 1.807) is 24.6 Å². The van der Waals surface area contributed by atoms with Crippen LogP contribution in [0.25, 0.3) is 9.75 Å². The highest BCUT2D eigenvalue weighted by Gasteiger charge is 2.50. The summed E-state index contributed by atoms with van der Waals surface area (Å²) in [4.78, 5) is 6.28. The zero-order valence-corrected chi connectivity index (χ0v) is 25.3. The first-order chi connectivity index (χ1) is 16.6. The predicted molar refractivity (Wildman–Crippen MR) is 161 cm³/mol. The molecule has 34 heavy (non-hydrogen) atoms. The van der Waals surface area contributed by atoms with Gasteiger partial charge in [-0.05, 0) is 53.7 Å². The largest absolute Gasteiger partial charge is 0.164 e. The average Bonchev–Trinajstić information content (AvgIpc) is 3.59. The van der Waals surface area contributed by atoms with Gasteiger partial charge in [0.25, 0.3) is 0 Å². The molecule has 1 unspecified atom stereocenters. The smallest absolute Gasteiger partial charge is 0.153 e. The maximum Gasteiger partial charge on any atom is 0.164 e. The lowest BCUT2D eigenvalue weighted by Crippen LogP contribution is -2.64. The number of fused-ring (bicyclic) bond motifs is 3. The lowest BCUT2D eigenvalue weighted by molar-refractivity contribution is 0.431. The second kappa shape index (κ2) is 12.5. The molecule has 4 heteroatoms. The standard InChI is InChI=1S/C30H44S3Si/c1-5-7-9-11-12-14-17-25(16-13-10-8-6-2)22-34(28-18-15-19-31-28)26-20-23(3)32-29(26)30-27(34)21-24(4)33-30/h15,18-21,25H,5-14,16-17,22H2,1-4H3. The van der Waals surface area contributed by atoms with Crippen molar-refractivity contribution in [3.8, 4) is 9.75 Å². The van der Waals surface area contributed by atoms with E-state index in [1.807, 2.05) is 11.3 Å². The van der Waals surface area contributed by atoms with Crippen molar-refractivity contribution >= 4 is 57.0 Å². The molecular weight excluding hydrogens is 485 g/mol. The van der Waals surface area contributed by atoms with Crippen molar-refractivity contribution in [3.63, 3.8) is 0 Å². The van der Waals surface area contributed by atoms with E-state index in [9.17, 15) is 0 Å². The van der Waals surface area contributed by atoms with Crippen molar-refractivity contribution in [2.75, 3.05) is 0 Å². The summed E-state index contributed by atoms with van der Waals surface area (Å²) in [6.45, 7) is 9.32. The number of thiophene rings is 3. The van der Waals surface area contributed by atoms with Gasteiger partial charge in [0.1, 0.15) is 0 Å². The van der Waals surface area contributed by atoms with Crippen LogP contribution < -0.4 is 14.9 Å². The first-order valence-corrected chi connectivity index (χ1v) is 18.6. The van der Waals surface area contributed by atoms with Gasteiger partial charge in [0, 0.05) is 24.0 Å². The lowest BCUT2D eigenvalue weighted by atomic mass is 9.96. The number of unbranched alkanes of at least 4 members (excludes halogenated alkanes) is 8. The van der Waals surface area contributed by atoms with Crippen molar-refractivity contribution in [2.24, 2.45) is 5.92 Å². The van der Waals surface area contributed by atoms with Crippen molar-refractivity contribution in [1.82, 2.24) is 0 Å². The highest BCUT2D eigenvalue weighted by Crippen LogP contribution is 2.42. The second-order valence-electron chi connectivity index (χ2n) is 10.6. The fourth-order valence-corrected chi connectivity index (χ4v) is 17.3. The molecule has 0 bridgehead atoms. The third-order valence-corrected chi connectivity index (χ3v) is 17.3. The first kappa shape index (κ1) is 26.4. The molecule has 1 aliphatic rings. The minimum absolute atomic E-state index is 0.871. The summed E-state index contributed by atoms with van der Waals surface area (Å²) >= 11 is 6.17. The van der Waals surface area contributed by atoms with E-state index in [2.05, 4.69) is 80.0 Å². The summed E-state index contributed by atoms with van der Waals surface area (Å²) in [7, 11) is -1.93. The van der Waals surface area contributed by atoms with Crippen LogP contribution >= 0.6 is 34.0 Å². The first-order valence-electron chi connectivity index (χ1n) is 13.9. The Balaban J connectivity index is 1.63. The van der Waals surface area contributed by atoms with Crippen LogP contribution in [0.1, 0.15) is 101 Å². The van der Waals surface area contributed by atoms with Crippen LogP contribution in [-0.4, -0.2) is 8.07 Å². The van der Waals surface area contributed by atoms with Crippen molar-refractivity contribution < 1.29 is 0 Å². The van der Waals surface area contributed by atoms with Gasteiger partial charge in [-0.2, -0.15) is 11.3 Å². The molecular formula is C30H44S3Si. The molecule has 0 spiro atoms. The third-order valence-electron chi connectivity index (χ3n) is 7.80. The van der Waals surface area contributed by atoms with E-state index < -0.39 is 8.07 Å². The van der Waals surface area contributed by atoms with Gasteiger partial charge in [0.05, 0.1) is 0 Å². The van der Waals surface area contributed by atoms with Crippen molar-refractivity contribution in [2.45, 2.75) is 111 Å². The van der Waals surface area contributed by atoms with Gasteiger partial charge in [-0.1, -0.05) is 103 Å². The predicted octanol–water partition coefficient (Wildman–Crippen LogP) is 9.28. The van der Waals surface area contributed by atoms with E-state index in [-0.39, 0.29) is 0 Å². The molecule has 186 valence electrons. The van der Waals surface area contributed by atoms with E-state index >= 15 is 0 Å². The molecule has 0 amide bonds. The topological polar surface area (TPSA) is 0 Å². The van der Waals surface area contributed by atoms with Crippen molar-refractivity contribution in [3.05, 3.63) is 39.4 Å². The minimum atomic E-state index is -1.93. The monoisotopic (exact) mass is 528 g/mol. The molecule has 4 heterocycles. The SMILES string of the molecule is CCCCCCCCC(CCCCCC)C[Si]1(c2cccs2)c2cc(C)sc2-c2sc(C)cc21. The van der Waals surface area contributed by atoms with Gasteiger partial charge >= 0.3 is 0 Å². The van der Waals surface area contributed by atoms with Gasteiger partial charge in [-0.15, -0.1) is 22.7 Å². The molecule has 0 aliphatic carbocycles. The summed E-state index contributed by atoms with van der Waals surface area (Å²) in [6.07, 6.45) is 17.0. The van der Waals surface area contributed by atoms with E-state index in [4.69, 9.17) is 0 Å². The van der Waals surface area contributed by atoms with Crippen LogP contribution in [0.4, 0.5) is 0 Å². The summed E-state index contributed by atoms with van der Waals surface area (Å²) in [5, 5.41) is 5.87. The van der Waals surface area contributed by atoms with Gasteiger partial charge in [-0.25, -0.2) is 0 Å². The molecule has 0 fully saturated rings. The molecule has 0 N–H and O–H groups in total. The van der Waals surface area contributed by atoms with Gasteiger partial charge in [0.15, 0.2) is 8.07 Å². The highest BCUT2D eigenvalue weighted by molar-refractivity contribution is 7.37. The van der Waals surface area contributed by atoms with Crippen LogP contribution in [0.2, 0.25) is 6.04 Å². The summed E-state index contributed by atoms with van der Waals surface area (Å²) in [6, 6.07) is 11.4. The van der Waals surface area contributed by atoms with Crippen LogP contribution in [0, 0.1) is 19.8 Å². The number of hydrogen-bond donors (Lipinski definition) is 0. The highest BCUT2D eigenvalue weighted by atomic mass is 32.1. The summed E-state index contributed by atoms with van der Waals surface area (Å²) in [5.41, 5.74) is 0. The van der Waals surface area contributed by atoms with E-state index in [0.29, 0.717) is 0 Å². The Morgan fingerprint density at radius 1 is 0.735 bits per heavy atom. The Morgan fingerprint density at radius 2 is 1.26 bits per heavy atom. The normalized spacial score (nSPS) is 14.9. The van der Waals surface area contributed by atoms with Gasteiger partial charge < -0.3 is 0 Å². The Hall–Kier alpha value is -0.683. The molecule has 4 rings (SSSR count). The molecule has 0 aromatic carbocycles. The Labute approximate surface area is 221 Å². The zero-order chi connectivity index (χ0) is 24.0. The van der Waals surface area contributed by atoms with E-state index in [1.165, 1.54) is 92.8 Å². The van der Waals surface area contributed by atoms with Crippen LogP contribution in [0.3, 0.4) is 0 Å². The number of hydrogen-bond acceptors (Lipinski definition) is 3. The molecule has 0 radical (unpaired) electrons. The molecule has 0 saturated heterocycles. The fourth-order valence-electron chi connectivity index (χ4n) is 6.11. The molecule has 0 saturated carbocycles. The Kier molecular flexibility index (Phi) is 9.71. The van der Waals surface area contributed by atoms with Gasteiger partial charge in [0.2, 0.25) is 0 Å². The van der Waals surface area contributed by atoms with Crippen LogP contribution in [0.5, 0.6) is 0 Å².